The number of pyridine rings is 1. The van der Waals surface area contributed by atoms with Crippen molar-refractivity contribution in [3.05, 3.63) is 72.2 Å². The van der Waals surface area contributed by atoms with E-state index in [0.29, 0.717) is 6.04 Å². The second-order valence-electron chi connectivity index (χ2n) is 5.95. The third kappa shape index (κ3) is 3.03. The largest absolute Gasteiger partial charge is 0.307 e. The molecule has 4 heteroatoms. The number of hydrogen-bond acceptors (Lipinski definition) is 3. The summed E-state index contributed by atoms with van der Waals surface area (Å²) in [6.07, 6.45) is 5.83. The first-order chi connectivity index (χ1) is 11.4. The summed E-state index contributed by atoms with van der Waals surface area (Å²) in [6, 6.07) is 17.3. The lowest BCUT2D eigenvalue weighted by Gasteiger charge is -2.25. The minimum atomic E-state index is 0.363. The van der Waals surface area contributed by atoms with Crippen LogP contribution in [0.4, 0.5) is 0 Å². The van der Waals surface area contributed by atoms with E-state index in [1.54, 1.807) is 6.20 Å². The first-order valence-electron chi connectivity index (χ1n) is 8.15. The highest BCUT2D eigenvalue weighted by molar-refractivity contribution is 5.58. The average molecular weight is 304 g/mol. The second-order valence-corrected chi connectivity index (χ2v) is 5.95. The predicted molar refractivity (Wildman–Crippen MR) is 91.0 cm³/mol. The first kappa shape index (κ1) is 14.2. The summed E-state index contributed by atoms with van der Waals surface area (Å²) in [6.45, 7) is 1.90. The summed E-state index contributed by atoms with van der Waals surface area (Å²) in [5.74, 6) is 0. The topological polar surface area (TPSA) is 42.7 Å². The van der Waals surface area contributed by atoms with E-state index in [2.05, 4.69) is 57.4 Å². The van der Waals surface area contributed by atoms with Crippen LogP contribution in [0.1, 0.15) is 23.7 Å². The normalized spacial score (nSPS) is 17.0. The van der Waals surface area contributed by atoms with Crippen molar-refractivity contribution in [3.63, 3.8) is 0 Å². The molecule has 0 amide bonds. The van der Waals surface area contributed by atoms with Crippen LogP contribution in [-0.2, 0) is 13.0 Å². The molecule has 1 aromatic carbocycles. The van der Waals surface area contributed by atoms with Crippen molar-refractivity contribution in [2.45, 2.75) is 25.4 Å². The zero-order chi connectivity index (χ0) is 15.5. The number of rotatable bonds is 4. The molecule has 1 aliphatic heterocycles. The number of aryl methyl sites for hydroxylation is 1. The number of nitrogens with zero attached hydrogens (tertiary/aromatic N) is 3. The van der Waals surface area contributed by atoms with Crippen molar-refractivity contribution in [1.29, 1.82) is 0 Å². The summed E-state index contributed by atoms with van der Waals surface area (Å²) in [5.41, 5.74) is 4.77. The molecule has 0 saturated heterocycles. The summed E-state index contributed by atoms with van der Waals surface area (Å²) >= 11 is 0. The van der Waals surface area contributed by atoms with Gasteiger partial charge in [-0.15, -0.1) is 0 Å². The SMILES string of the molecule is c1ccc(CCC2NCCn3nc(-c4cccnc4)cc32)cc1. The Hall–Kier alpha value is -2.46. The van der Waals surface area contributed by atoms with Gasteiger partial charge in [0.05, 0.1) is 17.9 Å². The molecule has 1 unspecified atom stereocenters. The van der Waals surface area contributed by atoms with E-state index < -0.39 is 0 Å². The highest BCUT2D eigenvalue weighted by atomic mass is 15.3. The molecule has 4 rings (SSSR count). The maximum atomic E-state index is 4.76. The van der Waals surface area contributed by atoms with Gasteiger partial charge < -0.3 is 5.32 Å². The van der Waals surface area contributed by atoms with Crippen molar-refractivity contribution < 1.29 is 0 Å². The first-order valence-corrected chi connectivity index (χ1v) is 8.15. The molecule has 0 bridgehead atoms. The standard InChI is InChI=1S/C19H20N4/c1-2-5-15(6-3-1)8-9-17-19-13-18(16-7-4-10-20-14-16)22-23(19)12-11-21-17/h1-7,10,13-14,17,21H,8-9,11-12H2. The molecule has 23 heavy (non-hydrogen) atoms. The van der Waals surface area contributed by atoms with Crippen LogP contribution in [0.15, 0.2) is 60.9 Å². The van der Waals surface area contributed by atoms with Crippen molar-refractivity contribution in [1.82, 2.24) is 20.1 Å². The molecule has 3 heterocycles. The fraction of sp³-hybridized carbons (Fsp3) is 0.263. The molecule has 0 spiro atoms. The number of hydrogen-bond donors (Lipinski definition) is 1. The minimum Gasteiger partial charge on any atom is -0.307 e. The monoisotopic (exact) mass is 304 g/mol. The lowest BCUT2D eigenvalue weighted by atomic mass is 10.0. The third-order valence-corrected chi connectivity index (χ3v) is 4.40. The van der Waals surface area contributed by atoms with Crippen molar-refractivity contribution >= 4 is 0 Å². The maximum absolute atomic E-state index is 4.76. The molecule has 1 aliphatic rings. The molecule has 2 aromatic heterocycles. The number of aromatic nitrogens is 3. The van der Waals surface area contributed by atoms with E-state index in [1.165, 1.54) is 11.3 Å². The number of fused-ring (bicyclic) bond motifs is 1. The van der Waals surface area contributed by atoms with Gasteiger partial charge in [0.25, 0.3) is 0 Å². The molecule has 116 valence electrons. The zero-order valence-electron chi connectivity index (χ0n) is 13.0. The quantitative estimate of drug-likeness (QED) is 0.805. The molecule has 1 atom stereocenters. The van der Waals surface area contributed by atoms with Crippen LogP contribution in [0.2, 0.25) is 0 Å². The van der Waals surface area contributed by atoms with E-state index in [-0.39, 0.29) is 0 Å². The van der Waals surface area contributed by atoms with E-state index in [0.717, 1.165) is 37.2 Å². The Morgan fingerprint density at radius 3 is 2.87 bits per heavy atom. The van der Waals surface area contributed by atoms with Gasteiger partial charge in [-0.05, 0) is 36.6 Å². The van der Waals surface area contributed by atoms with Gasteiger partial charge in [-0.1, -0.05) is 30.3 Å². The molecular formula is C19H20N4. The Bertz CT molecular complexity index is 765. The Morgan fingerprint density at radius 1 is 1.13 bits per heavy atom. The summed E-state index contributed by atoms with van der Waals surface area (Å²) in [4.78, 5) is 4.20. The van der Waals surface area contributed by atoms with Gasteiger partial charge in [0.15, 0.2) is 0 Å². The van der Waals surface area contributed by atoms with Crippen LogP contribution in [0.5, 0.6) is 0 Å². The lowest BCUT2D eigenvalue weighted by Crippen LogP contribution is -2.33. The summed E-state index contributed by atoms with van der Waals surface area (Å²) in [7, 11) is 0. The van der Waals surface area contributed by atoms with E-state index in [4.69, 9.17) is 5.10 Å². The molecule has 0 radical (unpaired) electrons. The molecular weight excluding hydrogens is 284 g/mol. The van der Waals surface area contributed by atoms with Crippen LogP contribution < -0.4 is 5.32 Å². The molecule has 0 aliphatic carbocycles. The van der Waals surface area contributed by atoms with Crippen molar-refractivity contribution in [3.8, 4) is 11.3 Å². The van der Waals surface area contributed by atoms with Crippen LogP contribution in [0.3, 0.4) is 0 Å². The van der Waals surface area contributed by atoms with Crippen molar-refractivity contribution in [2.75, 3.05) is 6.54 Å². The second kappa shape index (κ2) is 6.34. The Morgan fingerprint density at radius 2 is 2.04 bits per heavy atom. The van der Waals surface area contributed by atoms with Gasteiger partial charge in [-0.2, -0.15) is 5.10 Å². The van der Waals surface area contributed by atoms with Gasteiger partial charge >= 0.3 is 0 Å². The highest BCUT2D eigenvalue weighted by Gasteiger charge is 2.22. The van der Waals surface area contributed by atoms with Crippen LogP contribution in [0, 0.1) is 0 Å². The van der Waals surface area contributed by atoms with Gasteiger partial charge in [-0.3, -0.25) is 9.67 Å². The van der Waals surface area contributed by atoms with Gasteiger partial charge in [0, 0.05) is 30.5 Å². The smallest absolute Gasteiger partial charge is 0.0942 e. The maximum Gasteiger partial charge on any atom is 0.0942 e. The van der Waals surface area contributed by atoms with Gasteiger partial charge in [-0.25, -0.2) is 0 Å². The van der Waals surface area contributed by atoms with Crippen LogP contribution >= 0.6 is 0 Å². The van der Waals surface area contributed by atoms with Gasteiger partial charge in [0.2, 0.25) is 0 Å². The lowest BCUT2D eigenvalue weighted by molar-refractivity contribution is 0.385. The minimum absolute atomic E-state index is 0.363. The predicted octanol–water partition coefficient (Wildman–Crippen LogP) is 3.22. The number of benzene rings is 1. The molecule has 4 nitrogen and oxygen atoms in total. The number of nitrogens with one attached hydrogen (secondary N) is 1. The third-order valence-electron chi connectivity index (χ3n) is 4.40. The highest BCUT2D eigenvalue weighted by Crippen LogP contribution is 2.27. The fourth-order valence-electron chi connectivity index (χ4n) is 3.20. The molecule has 0 saturated carbocycles. The molecule has 0 fully saturated rings. The fourth-order valence-corrected chi connectivity index (χ4v) is 3.20. The average Bonchev–Trinajstić information content (AvgIpc) is 3.06. The molecule has 3 aromatic rings. The van der Waals surface area contributed by atoms with Crippen LogP contribution in [0.25, 0.3) is 11.3 Å². The van der Waals surface area contributed by atoms with Gasteiger partial charge in [0.1, 0.15) is 0 Å². The van der Waals surface area contributed by atoms with E-state index >= 15 is 0 Å². The Kier molecular flexibility index (Phi) is 3.90. The van der Waals surface area contributed by atoms with E-state index in [9.17, 15) is 0 Å². The van der Waals surface area contributed by atoms with Crippen LogP contribution in [-0.4, -0.2) is 21.3 Å². The summed E-state index contributed by atoms with van der Waals surface area (Å²) in [5, 5.41) is 8.40. The Balaban J connectivity index is 1.55. The Labute approximate surface area is 136 Å². The van der Waals surface area contributed by atoms with E-state index in [1.807, 2.05) is 12.3 Å². The zero-order valence-corrected chi connectivity index (χ0v) is 13.0. The summed E-state index contributed by atoms with van der Waals surface area (Å²) < 4.78 is 2.15. The molecule has 1 N–H and O–H groups in total. The van der Waals surface area contributed by atoms with Crippen molar-refractivity contribution in [2.24, 2.45) is 0 Å².